The summed E-state index contributed by atoms with van der Waals surface area (Å²) in [6.45, 7) is 1.33. The van der Waals surface area contributed by atoms with Gasteiger partial charge in [-0.3, -0.25) is 18.7 Å². The van der Waals surface area contributed by atoms with Crippen molar-refractivity contribution in [3.8, 4) is 17.6 Å². The number of halogens is 2. The van der Waals surface area contributed by atoms with E-state index >= 15 is 0 Å². The topological polar surface area (TPSA) is 170 Å². The Morgan fingerprint density at radius 3 is 2.60 bits per heavy atom. The van der Waals surface area contributed by atoms with Gasteiger partial charge >= 0.3 is 7.82 Å². The molecule has 3 rings (SSSR count). The van der Waals surface area contributed by atoms with E-state index in [1.54, 1.807) is 0 Å². The summed E-state index contributed by atoms with van der Waals surface area (Å²) in [5, 5.41) is 13.0. The van der Waals surface area contributed by atoms with E-state index in [9.17, 15) is 18.5 Å². The van der Waals surface area contributed by atoms with E-state index in [2.05, 4.69) is 14.6 Å². The summed E-state index contributed by atoms with van der Waals surface area (Å²) >= 11 is 5.98. The Morgan fingerprint density at radius 1 is 1.26 bits per heavy atom. The molecule has 1 unspecified atom stereocenters. The molecule has 0 radical (unpaired) electrons. The molecule has 15 heteroatoms. The highest BCUT2D eigenvalue weighted by molar-refractivity contribution is 7.46. The van der Waals surface area contributed by atoms with Crippen LogP contribution in [0.15, 0.2) is 40.2 Å². The number of benzene rings is 1. The molecule has 184 valence electrons. The van der Waals surface area contributed by atoms with Crippen LogP contribution in [0.3, 0.4) is 0 Å². The lowest BCUT2D eigenvalue weighted by Crippen LogP contribution is -2.32. The Hall–Kier alpha value is -3.40. The van der Waals surface area contributed by atoms with Gasteiger partial charge < -0.3 is 14.5 Å². The molecule has 35 heavy (non-hydrogen) atoms. The maximum Gasteiger partial charge on any atom is 0.471 e. The molecule has 0 amide bonds. The van der Waals surface area contributed by atoms with E-state index in [0.717, 1.165) is 23.9 Å². The van der Waals surface area contributed by atoms with Gasteiger partial charge in [0.1, 0.15) is 11.9 Å². The molecule has 2 N–H and O–H groups in total. The minimum absolute atomic E-state index is 0.114. The number of aryl methyl sites for hydroxylation is 1. The van der Waals surface area contributed by atoms with Gasteiger partial charge in [0.15, 0.2) is 6.73 Å². The van der Waals surface area contributed by atoms with Crippen molar-refractivity contribution in [3.05, 3.63) is 78.8 Å². The Labute approximate surface area is 202 Å². The van der Waals surface area contributed by atoms with Gasteiger partial charge in [0.25, 0.3) is 11.1 Å². The van der Waals surface area contributed by atoms with Crippen molar-refractivity contribution >= 4 is 19.4 Å². The predicted molar refractivity (Wildman–Crippen MR) is 120 cm³/mol. The van der Waals surface area contributed by atoms with Crippen molar-refractivity contribution in [3.63, 3.8) is 0 Å². The van der Waals surface area contributed by atoms with Crippen LogP contribution in [0.4, 0.5) is 4.39 Å². The van der Waals surface area contributed by atoms with Crippen LogP contribution < -0.4 is 15.9 Å². The van der Waals surface area contributed by atoms with Gasteiger partial charge in [-0.15, -0.1) is 0 Å². The molecule has 0 saturated carbocycles. The maximum absolute atomic E-state index is 14.0. The minimum atomic E-state index is -4.94. The first-order chi connectivity index (χ1) is 16.4. The first-order valence-corrected chi connectivity index (χ1v) is 11.7. The lowest BCUT2D eigenvalue weighted by Gasteiger charge is -2.14. The van der Waals surface area contributed by atoms with E-state index < -0.39 is 38.4 Å². The molecule has 0 fully saturated rings. The summed E-state index contributed by atoms with van der Waals surface area (Å²) in [4.78, 5) is 47.7. The number of nitrogens with zero attached hydrogens (tertiary/aromatic N) is 5. The molecule has 0 bridgehead atoms. The average Bonchev–Trinajstić information content (AvgIpc) is 2.77. The Bertz CT molecular complexity index is 1480. The number of nitriles is 1. The van der Waals surface area contributed by atoms with Crippen LogP contribution in [0.2, 0.25) is 5.02 Å². The first-order valence-electron chi connectivity index (χ1n) is 9.77. The molecule has 2 heterocycles. The van der Waals surface area contributed by atoms with Crippen LogP contribution in [0.5, 0.6) is 11.5 Å². The van der Waals surface area contributed by atoms with Gasteiger partial charge in [-0.2, -0.15) is 10.4 Å². The van der Waals surface area contributed by atoms with Crippen LogP contribution in [-0.2, 0) is 22.4 Å². The number of rotatable bonds is 8. The molecule has 12 nitrogen and oxygen atoms in total. The zero-order valence-corrected chi connectivity index (χ0v) is 19.9. The Morgan fingerprint density at radius 2 is 1.97 bits per heavy atom. The minimum Gasteiger partial charge on any atom is -0.450 e. The summed E-state index contributed by atoms with van der Waals surface area (Å²) in [5.74, 6) is -0.0832. The highest BCUT2D eigenvalue weighted by Crippen LogP contribution is 2.35. The second-order valence-electron chi connectivity index (χ2n) is 7.25. The quantitative estimate of drug-likeness (QED) is 0.416. The van der Waals surface area contributed by atoms with E-state index in [0.29, 0.717) is 4.68 Å². The maximum atomic E-state index is 14.0. The van der Waals surface area contributed by atoms with Crippen molar-refractivity contribution in [2.45, 2.75) is 33.3 Å². The van der Waals surface area contributed by atoms with E-state index in [-0.39, 0.29) is 39.0 Å². The van der Waals surface area contributed by atoms with E-state index in [1.807, 2.05) is 6.07 Å². The van der Waals surface area contributed by atoms with Gasteiger partial charge in [0, 0.05) is 10.6 Å². The van der Waals surface area contributed by atoms with Crippen molar-refractivity contribution in [2.24, 2.45) is 0 Å². The second kappa shape index (κ2) is 10.5. The molecular weight excluding hydrogens is 508 g/mol. The fourth-order valence-corrected chi connectivity index (χ4v) is 3.40. The third-order valence-corrected chi connectivity index (χ3v) is 5.23. The third kappa shape index (κ3) is 6.60. The number of hydrogen-bond acceptors (Lipinski definition) is 8. The molecule has 3 aromatic rings. The third-order valence-electron chi connectivity index (χ3n) is 4.56. The fourth-order valence-electron chi connectivity index (χ4n) is 2.91. The van der Waals surface area contributed by atoms with Gasteiger partial charge in [-0.1, -0.05) is 11.6 Å². The van der Waals surface area contributed by atoms with Crippen LogP contribution >= 0.6 is 19.4 Å². The summed E-state index contributed by atoms with van der Waals surface area (Å²) in [6.07, 6.45) is -0.488. The predicted octanol–water partition coefficient (Wildman–Crippen LogP) is 2.57. The molecule has 0 spiro atoms. The number of phosphoric acid groups is 1. The van der Waals surface area contributed by atoms with Crippen LogP contribution in [-0.4, -0.2) is 29.1 Å². The summed E-state index contributed by atoms with van der Waals surface area (Å²) < 4.78 is 36.5. The molecule has 1 aromatic carbocycles. The SMILES string of the molecule is Cc1ncn(Cc2cc(C(C)F)nn(COP(=O)(O)O)c2=O)c(=O)c1Oc1cc(Cl)cc(C#N)c1. The van der Waals surface area contributed by atoms with Gasteiger partial charge in [-0.05, 0) is 38.1 Å². The van der Waals surface area contributed by atoms with Gasteiger partial charge in [0.05, 0.1) is 35.9 Å². The van der Waals surface area contributed by atoms with Gasteiger partial charge in [0.2, 0.25) is 5.75 Å². The van der Waals surface area contributed by atoms with Crippen LogP contribution in [0.1, 0.15) is 35.6 Å². The smallest absolute Gasteiger partial charge is 0.450 e. The molecule has 2 aromatic heterocycles. The van der Waals surface area contributed by atoms with Gasteiger partial charge in [-0.25, -0.2) is 18.6 Å². The lowest BCUT2D eigenvalue weighted by molar-refractivity contribution is 0.140. The number of aromatic nitrogens is 4. The average molecular weight is 526 g/mol. The molecular formula is C20H18ClFN5O7P. The first kappa shape index (κ1) is 26.2. The fraction of sp³-hybridized carbons (Fsp3) is 0.250. The molecule has 0 saturated heterocycles. The largest absolute Gasteiger partial charge is 0.471 e. The van der Waals surface area contributed by atoms with Crippen LogP contribution in [0, 0.1) is 18.3 Å². The van der Waals surface area contributed by atoms with Crippen LogP contribution in [0.25, 0.3) is 0 Å². The summed E-state index contributed by atoms with van der Waals surface area (Å²) in [5.41, 5.74) is -1.49. The van der Waals surface area contributed by atoms with Crippen molar-refractivity contribution in [1.29, 1.82) is 5.26 Å². The highest BCUT2D eigenvalue weighted by atomic mass is 35.5. The lowest BCUT2D eigenvalue weighted by atomic mass is 10.2. The van der Waals surface area contributed by atoms with Crippen molar-refractivity contribution in [1.82, 2.24) is 19.3 Å². The number of alkyl halides is 1. The Kier molecular flexibility index (Phi) is 7.84. The number of hydrogen-bond donors (Lipinski definition) is 2. The monoisotopic (exact) mass is 525 g/mol. The molecule has 0 aliphatic rings. The highest BCUT2D eigenvalue weighted by Gasteiger charge is 2.19. The zero-order chi connectivity index (χ0) is 25.9. The Balaban J connectivity index is 2.02. The molecule has 0 aliphatic heterocycles. The standard InChI is InChI=1S/C20H18ClFN5O7P/c1-11(22)17-5-14(19(28)27(25-17)10-33-35(30,31)32)8-26-9-24-12(2)18(20(26)29)34-16-4-13(7-23)3-15(21)6-16/h3-6,9,11H,8,10H2,1-2H3,(H2,30,31,32). The zero-order valence-electron chi connectivity index (χ0n) is 18.3. The number of ether oxygens (including phenoxy) is 1. The molecule has 1 atom stereocenters. The summed E-state index contributed by atoms with van der Waals surface area (Å²) in [7, 11) is -4.94. The second-order valence-corrected chi connectivity index (χ2v) is 8.92. The summed E-state index contributed by atoms with van der Waals surface area (Å²) in [6, 6.07) is 7.23. The normalized spacial score (nSPS) is 12.3. The van der Waals surface area contributed by atoms with Crippen molar-refractivity contribution < 1.29 is 28.0 Å². The van der Waals surface area contributed by atoms with E-state index in [1.165, 1.54) is 25.1 Å². The number of phosphoric ester groups is 1. The van der Waals surface area contributed by atoms with Crippen molar-refractivity contribution in [2.75, 3.05) is 0 Å². The molecule has 0 aliphatic carbocycles. The van der Waals surface area contributed by atoms with E-state index in [4.69, 9.17) is 31.4 Å².